The number of alkyl halides is 1. The molecular formula is C8H16FNO. The summed E-state index contributed by atoms with van der Waals surface area (Å²) in [4.78, 5) is 0. The minimum Gasteiger partial charge on any atom is -0.390 e. The first kappa shape index (κ1) is 8.94. The molecule has 1 fully saturated rings. The summed E-state index contributed by atoms with van der Waals surface area (Å²) in [6.07, 6.45) is 0.0550. The number of hydrogen-bond acceptors (Lipinski definition) is 2. The lowest BCUT2D eigenvalue weighted by atomic mass is 9.92. The molecule has 1 saturated heterocycles. The lowest BCUT2D eigenvalue weighted by molar-refractivity contribution is 0.0461. The minimum atomic E-state index is -1.05. The van der Waals surface area contributed by atoms with Crippen LogP contribution in [0.25, 0.3) is 0 Å². The predicted octanol–water partition coefficient (Wildman–Crippen LogP) is 0.705. The van der Waals surface area contributed by atoms with Crippen molar-refractivity contribution in [3.05, 3.63) is 0 Å². The highest BCUT2D eigenvalue weighted by Gasteiger charge is 2.26. The summed E-state index contributed by atoms with van der Waals surface area (Å²) >= 11 is 0. The summed E-state index contributed by atoms with van der Waals surface area (Å²) < 4.78 is 13.1. The van der Waals surface area contributed by atoms with E-state index < -0.39 is 12.3 Å². The zero-order valence-corrected chi connectivity index (χ0v) is 6.89. The average molecular weight is 161 g/mol. The molecule has 0 saturated carbocycles. The van der Waals surface area contributed by atoms with Crippen molar-refractivity contribution in [3.8, 4) is 0 Å². The average Bonchev–Trinajstić information content (AvgIpc) is 2.05. The van der Waals surface area contributed by atoms with Crippen molar-refractivity contribution in [2.75, 3.05) is 13.1 Å². The molecule has 3 unspecified atom stereocenters. The maximum Gasteiger partial charge on any atom is 0.130 e. The number of halogens is 1. The van der Waals surface area contributed by atoms with Gasteiger partial charge in [0.05, 0.1) is 6.10 Å². The fourth-order valence-electron chi connectivity index (χ4n) is 1.54. The van der Waals surface area contributed by atoms with Crippen LogP contribution in [-0.2, 0) is 0 Å². The third-order valence-electron chi connectivity index (χ3n) is 2.25. The summed E-state index contributed by atoms with van der Waals surface area (Å²) in [6.45, 7) is 3.22. The van der Waals surface area contributed by atoms with Crippen LogP contribution >= 0.6 is 0 Å². The fraction of sp³-hybridized carbons (Fsp3) is 1.00. The summed E-state index contributed by atoms with van der Waals surface area (Å²) in [5.41, 5.74) is 0. The molecule has 0 bridgehead atoms. The minimum absolute atomic E-state index is 0.0174. The number of nitrogens with one attached hydrogen (secondary N) is 1. The van der Waals surface area contributed by atoms with Crippen LogP contribution in [0.2, 0.25) is 0 Å². The van der Waals surface area contributed by atoms with Crippen molar-refractivity contribution in [1.82, 2.24) is 5.32 Å². The normalized spacial score (nSPS) is 31.4. The second-order valence-corrected chi connectivity index (χ2v) is 3.29. The maximum absolute atomic E-state index is 13.1. The van der Waals surface area contributed by atoms with Gasteiger partial charge in [0.15, 0.2) is 0 Å². The van der Waals surface area contributed by atoms with Crippen LogP contribution < -0.4 is 5.32 Å². The highest BCUT2D eigenvalue weighted by Crippen LogP contribution is 2.19. The number of aliphatic hydroxyl groups is 1. The molecule has 2 N–H and O–H groups in total. The molecule has 1 aliphatic rings. The molecule has 3 atom stereocenters. The lowest BCUT2D eigenvalue weighted by Crippen LogP contribution is -2.39. The van der Waals surface area contributed by atoms with Gasteiger partial charge in [-0.25, -0.2) is 4.39 Å². The molecule has 2 nitrogen and oxygen atoms in total. The van der Waals surface area contributed by atoms with Gasteiger partial charge in [0.25, 0.3) is 0 Å². The molecule has 0 aromatic heterocycles. The Kier molecular flexibility index (Phi) is 3.27. The van der Waals surface area contributed by atoms with Crippen LogP contribution in [0.3, 0.4) is 0 Å². The Morgan fingerprint density at radius 3 is 2.82 bits per heavy atom. The second-order valence-electron chi connectivity index (χ2n) is 3.29. The summed E-state index contributed by atoms with van der Waals surface area (Å²) in [6, 6.07) is 0. The molecule has 0 radical (unpaired) electrons. The smallest absolute Gasteiger partial charge is 0.130 e. The van der Waals surface area contributed by atoms with Gasteiger partial charge in [-0.15, -0.1) is 0 Å². The monoisotopic (exact) mass is 161 g/mol. The molecule has 0 aromatic rings. The summed E-state index contributed by atoms with van der Waals surface area (Å²) in [5, 5.41) is 12.1. The van der Waals surface area contributed by atoms with Crippen LogP contribution in [0, 0.1) is 5.92 Å². The van der Waals surface area contributed by atoms with E-state index in [1.807, 2.05) is 0 Å². The fourth-order valence-corrected chi connectivity index (χ4v) is 1.54. The second kappa shape index (κ2) is 4.02. The molecule has 0 spiro atoms. The van der Waals surface area contributed by atoms with Crippen LogP contribution in [0.15, 0.2) is 0 Å². The zero-order valence-electron chi connectivity index (χ0n) is 6.89. The van der Waals surface area contributed by atoms with E-state index in [0.29, 0.717) is 6.54 Å². The highest BCUT2D eigenvalue weighted by atomic mass is 19.1. The standard InChI is InChI=1S/C8H16FNO/c1-6(11)8(9)7-3-2-4-10-5-7/h6-8,10-11H,2-5H2,1H3. The van der Waals surface area contributed by atoms with Crippen molar-refractivity contribution in [2.45, 2.75) is 32.0 Å². The highest BCUT2D eigenvalue weighted by molar-refractivity contribution is 4.78. The van der Waals surface area contributed by atoms with Crippen LogP contribution in [0.5, 0.6) is 0 Å². The van der Waals surface area contributed by atoms with Gasteiger partial charge in [0.2, 0.25) is 0 Å². The van der Waals surface area contributed by atoms with Gasteiger partial charge in [0.1, 0.15) is 6.17 Å². The van der Waals surface area contributed by atoms with Gasteiger partial charge in [0, 0.05) is 12.5 Å². The number of rotatable bonds is 2. The lowest BCUT2D eigenvalue weighted by Gasteiger charge is -2.27. The van der Waals surface area contributed by atoms with Crippen LogP contribution in [0.4, 0.5) is 4.39 Å². The predicted molar refractivity (Wildman–Crippen MR) is 42.2 cm³/mol. The first-order chi connectivity index (χ1) is 5.22. The van der Waals surface area contributed by atoms with Gasteiger partial charge < -0.3 is 10.4 Å². The van der Waals surface area contributed by atoms with Crippen molar-refractivity contribution in [2.24, 2.45) is 5.92 Å². The van der Waals surface area contributed by atoms with Gasteiger partial charge in [-0.3, -0.25) is 0 Å². The van der Waals surface area contributed by atoms with Crippen molar-refractivity contribution in [1.29, 1.82) is 0 Å². The van der Waals surface area contributed by atoms with E-state index in [1.54, 1.807) is 0 Å². The van der Waals surface area contributed by atoms with E-state index in [0.717, 1.165) is 19.4 Å². The molecule has 1 rings (SSSR count). The molecule has 11 heavy (non-hydrogen) atoms. The maximum atomic E-state index is 13.1. The Balaban J connectivity index is 2.32. The van der Waals surface area contributed by atoms with Crippen LogP contribution in [0.1, 0.15) is 19.8 Å². The third kappa shape index (κ3) is 2.42. The Labute approximate surface area is 66.8 Å². The van der Waals surface area contributed by atoms with Crippen molar-refractivity contribution in [3.63, 3.8) is 0 Å². The van der Waals surface area contributed by atoms with E-state index in [9.17, 15) is 4.39 Å². The first-order valence-corrected chi connectivity index (χ1v) is 4.24. The molecule has 0 amide bonds. The van der Waals surface area contributed by atoms with Gasteiger partial charge in [-0.1, -0.05) is 0 Å². The SMILES string of the molecule is CC(O)C(F)C1CCCNC1. The van der Waals surface area contributed by atoms with E-state index in [1.165, 1.54) is 6.92 Å². The molecule has 66 valence electrons. The third-order valence-corrected chi connectivity index (χ3v) is 2.25. The summed E-state index contributed by atoms with van der Waals surface area (Å²) in [7, 11) is 0. The Morgan fingerprint density at radius 1 is 1.64 bits per heavy atom. The molecular weight excluding hydrogens is 145 g/mol. The molecule has 0 aromatic carbocycles. The number of aliphatic hydroxyl groups excluding tert-OH is 1. The zero-order chi connectivity index (χ0) is 8.27. The van der Waals surface area contributed by atoms with Crippen molar-refractivity contribution < 1.29 is 9.50 Å². The largest absolute Gasteiger partial charge is 0.390 e. The molecule has 1 aliphatic heterocycles. The van der Waals surface area contributed by atoms with E-state index in [2.05, 4.69) is 5.32 Å². The first-order valence-electron chi connectivity index (χ1n) is 4.24. The topological polar surface area (TPSA) is 32.3 Å². The molecule has 3 heteroatoms. The molecule has 1 heterocycles. The number of hydrogen-bond donors (Lipinski definition) is 2. The molecule has 0 aliphatic carbocycles. The number of piperidine rings is 1. The van der Waals surface area contributed by atoms with Crippen LogP contribution in [-0.4, -0.2) is 30.5 Å². The van der Waals surface area contributed by atoms with E-state index in [-0.39, 0.29) is 5.92 Å². The van der Waals surface area contributed by atoms with Gasteiger partial charge >= 0.3 is 0 Å². The summed E-state index contributed by atoms with van der Waals surface area (Å²) in [5.74, 6) is 0.0174. The van der Waals surface area contributed by atoms with E-state index in [4.69, 9.17) is 5.11 Å². The quantitative estimate of drug-likeness (QED) is 0.625. The van der Waals surface area contributed by atoms with Crippen molar-refractivity contribution >= 4 is 0 Å². The van der Waals surface area contributed by atoms with Gasteiger partial charge in [-0.2, -0.15) is 0 Å². The Morgan fingerprint density at radius 2 is 2.36 bits per heavy atom. The van der Waals surface area contributed by atoms with E-state index >= 15 is 0 Å². The Bertz CT molecular complexity index is 113. The Hall–Kier alpha value is -0.150. The van der Waals surface area contributed by atoms with Gasteiger partial charge in [-0.05, 0) is 26.3 Å².